The van der Waals surface area contributed by atoms with Crippen molar-refractivity contribution in [3.63, 3.8) is 0 Å². The van der Waals surface area contributed by atoms with E-state index in [1.165, 1.54) is 30.5 Å². The number of primary amides is 1. The molecule has 160 valence electrons. The van der Waals surface area contributed by atoms with E-state index in [0.717, 1.165) is 0 Å². The minimum Gasteiger partial charge on any atom is -0.366 e. The molecular weight excluding hydrogens is 405 g/mol. The summed E-state index contributed by atoms with van der Waals surface area (Å²) in [5.41, 5.74) is 6.64. The highest BCUT2D eigenvalue weighted by Crippen LogP contribution is 2.48. The lowest BCUT2D eigenvalue weighted by molar-refractivity contribution is 0.0794. The van der Waals surface area contributed by atoms with Gasteiger partial charge in [-0.3, -0.25) is 9.78 Å². The Hall–Kier alpha value is -3.29. The number of halogens is 3. The smallest absolute Gasteiger partial charge is 0.248 e. The zero-order valence-electron chi connectivity index (χ0n) is 16.9. The van der Waals surface area contributed by atoms with Crippen LogP contribution in [0.15, 0.2) is 42.6 Å². The van der Waals surface area contributed by atoms with Crippen molar-refractivity contribution in [3.05, 3.63) is 76.7 Å². The summed E-state index contributed by atoms with van der Waals surface area (Å²) in [5, 5.41) is 8.23. The van der Waals surface area contributed by atoms with E-state index in [1.807, 2.05) is 0 Å². The third-order valence-corrected chi connectivity index (χ3v) is 5.92. The van der Waals surface area contributed by atoms with Gasteiger partial charge in [0.1, 0.15) is 17.8 Å². The molecule has 1 aliphatic rings. The SMILES string of the molecule is Cc1cc(F)c(-c2ccc(CCC3(c4ncccc4F)CC(F)C3)nn2)cc1C(N)=O. The van der Waals surface area contributed by atoms with Gasteiger partial charge in [0, 0.05) is 22.7 Å². The molecule has 31 heavy (non-hydrogen) atoms. The zero-order chi connectivity index (χ0) is 22.2. The first-order valence-electron chi connectivity index (χ1n) is 9.97. The van der Waals surface area contributed by atoms with Crippen molar-refractivity contribution in [3.8, 4) is 11.3 Å². The molecule has 2 N–H and O–H groups in total. The highest BCUT2D eigenvalue weighted by atomic mass is 19.1. The third kappa shape index (κ3) is 4.02. The Morgan fingerprint density at radius 1 is 1.16 bits per heavy atom. The van der Waals surface area contributed by atoms with E-state index < -0.39 is 29.1 Å². The summed E-state index contributed by atoms with van der Waals surface area (Å²) in [4.78, 5) is 15.7. The molecule has 2 heterocycles. The van der Waals surface area contributed by atoms with Gasteiger partial charge < -0.3 is 5.73 Å². The average Bonchev–Trinajstić information content (AvgIpc) is 2.71. The van der Waals surface area contributed by atoms with E-state index in [-0.39, 0.29) is 35.4 Å². The monoisotopic (exact) mass is 426 g/mol. The van der Waals surface area contributed by atoms with Crippen LogP contribution in [0.1, 0.15) is 46.6 Å². The summed E-state index contributed by atoms with van der Waals surface area (Å²) in [5.74, 6) is -1.62. The van der Waals surface area contributed by atoms with E-state index in [0.29, 0.717) is 24.1 Å². The summed E-state index contributed by atoms with van der Waals surface area (Å²) in [6.45, 7) is 1.60. The number of nitrogens with zero attached hydrogens (tertiary/aromatic N) is 3. The number of nitrogens with two attached hydrogens (primary N) is 1. The molecule has 0 bridgehead atoms. The number of alkyl halides is 1. The van der Waals surface area contributed by atoms with E-state index in [2.05, 4.69) is 15.2 Å². The van der Waals surface area contributed by atoms with E-state index >= 15 is 0 Å². The van der Waals surface area contributed by atoms with Gasteiger partial charge in [0.05, 0.1) is 17.1 Å². The fourth-order valence-corrected chi connectivity index (χ4v) is 4.22. The molecule has 0 atom stereocenters. The minimum atomic E-state index is -0.973. The van der Waals surface area contributed by atoms with Crippen LogP contribution in [0.2, 0.25) is 0 Å². The fraction of sp³-hybridized carbons (Fsp3) is 0.304. The molecule has 0 radical (unpaired) electrons. The van der Waals surface area contributed by atoms with Gasteiger partial charge in [-0.25, -0.2) is 13.2 Å². The first-order chi connectivity index (χ1) is 14.8. The molecule has 1 amide bonds. The molecule has 1 saturated carbocycles. The Bertz CT molecular complexity index is 1130. The Labute approximate surface area is 177 Å². The van der Waals surface area contributed by atoms with Crippen LogP contribution in [0, 0.1) is 18.6 Å². The normalized spacial score (nSPS) is 20.3. The number of carbonyl (C=O) groups excluding carboxylic acids is 1. The van der Waals surface area contributed by atoms with Gasteiger partial charge in [-0.15, -0.1) is 0 Å². The average molecular weight is 426 g/mol. The Balaban J connectivity index is 1.54. The standard InChI is InChI=1S/C23H21F3N4O/c1-13-9-19(26)17(10-16(13)22(27)31)20-5-4-15(29-30-20)6-7-23(11-14(24)12-23)21-18(25)3-2-8-28-21/h2-5,8-10,14H,6-7,11-12H2,1H3,(H2,27,31). The molecule has 0 aliphatic heterocycles. The van der Waals surface area contributed by atoms with Crippen LogP contribution >= 0.6 is 0 Å². The second-order valence-electron chi connectivity index (χ2n) is 8.04. The van der Waals surface area contributed by atoms with Gasteiger partial charge in [0.25, 0.3) is 0 Å². The first kappa shape index (κ1) is 21.0. The van der Waals surface area contributed by atoms with E-state index in [1.54, 1.807) is 19.1 Å². The molecule has 1 aromatic carbocycles. The summed E-state index contributed by atoms with van der Waals surface area (Å²) >= 11 is 0. The van der Waals surface area contributed by atoms with Gasteiger partial charge in [-0.1, -0.05) is 0 Å². The molecule has 1 fully saturated rings. The number of benzene rings is 1. The van der Waals surface area contributed by atoms with Crippen molar-refractivity contribution in [1.29, 1.82) is 0 Å². The number of hydrogen-bond acceptors (Lipinski definition) is 4. The lowest BCUT2D eigenvalue weighted by Crippen LogP contribution is -2.44. The van der Waals surface area contributed by atoms with Gasteiger partial charge >= 0.3 is 0 Å². The molecule has 3 aromatic rings. The second-order valence-corrected chi connectivity index (χ2v) is 8.04. The lowest BCUT2D eigenvalue weighted by Gasteiger charge is -2.44. The largest absolute Gasteiger partial charge is 0.366 e. The number of aromatic nitrogens is 3. The van der Waals surface area contributed by atoms with Crippen LogP contribution in [-0.4, -0.2) is 27.3 Å². The Morgan fingerprint density at radius 2 is 1.94 bits per heavy atom. The summed E-state index contributed by atoms with van der Waals surface area (Å²) in [6, 6.07) is 8.75. The number of hydrogen-bond donors (Lipinski definition) is 1. The zero-order valence-corrected chi connectivity index (χ0v) is 16.9. The maximum atomic E-state index is 14.4. The van der Waals surface area contributed by atoms with Gasteiger partial charge in [-0.05, 0) is 74.6 Å². The van der Waals surface area contributed by atoms with Crippen molar-refractivity contribution < 1.29 is 18.0 Å². The fourth-order valence-electron chi connectivity index (χ4n) is 4.22. The summed E-state index contributed by atoms with van der Waals surface area (Å²) < 4.78 is 42.4. The molecule has 2 aromatic heterocycles. The summed E-state index contributed by atoms with van der Waals surface area (Å²) in [7, 11) is 0. The van der Waals surface area contributed by atoms with Crippen LogP contribution in [0.4, 0.5) is 13.2 Å². The summed E-state index contributed by atoms with van der Waals surface area (Å²) in [6.07, 6.45) is 1.89. The molecule has 8 heteroatoms. The molecule has 4 rings (SSSR count). The van der Waals surface area contributed by atoms with Crippen LogP contribution in [-0.2, 0) is 11.8 Å². The maximum absolute atomic E-state index is 14.4. The predicted octanol–water partition coefficient (Wildman–Crippen LogP) is 4.23. The number of rotatable bonds is 6. The predicted molar refractivity (Wildman–Crippen MR) is 109 cm³/mol. The maximum Gasteiger partial charge on any atom is 0.248 e. The molecule has 0 saturated heterocycles. The molecular formula is C23H21F3N4O. The minimum absolute atomic E-state index is 0.129. The van der Waals surface area contributed by atoms with Gasteiger partial charge in [0.2, 0.25) is 5.91 Å². The molecule has 5 nitrogen and oxygen atoms in total. The number of aryl methyl sites for hydroxylation is 2. The highest BCUT2D eigenvalue weighted by molar-refractivity contribution is 5.95. The molecule has 1 aliphatic carbocycles. The Kier molecular flexibility index (Phi) is 5.47. The quantitative estimate of drug-likeness (QED) is 0.640. The third-order valence-electron chi connectivity index (χ3n) is 5.92. The van der Waals surface area contributed by atoms with Crippen LogP contribution in [0.3, 0.4) is 0 Å². The number of carbonyl (C=O) groups is 1. The van der Waals surface area contributed by atoms with E-state index in [4.69, 9.17) is 5.73 Å². The molecule has 0 unspecified atom stereocenters. The van der Waals surface area contributed by atoms with Crippen molar-refractivity contribution >= 4 is 5.91 Å². The topological polar surface area (TPSA) is 81.8 Å². The first-order valence-corrected chi connectivity index (χ1v) is 9.97. The lowest BCUT2D eigenvalue weighted by atomic mass is 9.62. The Morgan fingerprint density at radius 3 is 2.55 bits per heavy atom. The van der Waals surface area contributed by atoms with Crippen molar-refractivity contribution in [2.45, 2.75) is 44.2 Å². The van der Waals surface area contributed by atoms with Crippen LogP contribution < -0.4 is 5.73 Å². The molecule has 0 spiro atoms. The highest BCUT2D eigenvalue weighted by Gasteiger charge is 2.48. The van der Waals surface area contributed by atoms with Gasteiger partial charge in [0.15, 0.2) is 0 Å². The van der Waals surface area contributed by atoms with Crippen LogP contribution in [0.25, 0.3) is 11.3 Å². The van der Waals surface area contributed by atoms with Crippen LogP contribution in [0.5, 0.6) is 0 Å². The second kappa shape index (κ2) is 8.09. The number of amides is 1. The number of pyridine rings is 1. The van der Waals surface area contributed by atoms with Crippen molar-refractivity contribution in [2.24, 2.45) is 5.73 Å². The van der Waals surface area contributed by atoms with Crippen molar-refractivity contribution in [2.75, 3.05) is 0 Å². The van der Waals surface area contributed by atoms with E-state index in [9.17, 15) is 18.0 Å². The van der Waals surface area contributed by atoms with Gasteiger partial charge in [-0.2, -0.15) is 10.2 Å². The van der Waals surface area contributed by atoms with Crippen molar-refractivity contribution in [1.82, 2.24) is 15.2 Å².